The van der Waals surface area contributed by atoms with Crippen LogP contribution < -0.4 is 4.72 Å². The van der Waals surface area contributed by atoms with Crippen molar-refractivity contribution >= 4 is 49.2 Å². The first-order valence-electron chi connectivity index (χ1n) is 7.85. The minimum Gasteiger partial charge on any atom is -0.333 e. The Kier molecular flexibility index (Phi) is 6.03. The lowest BCUT2D eigenvalue weighted by Crippen LogP contribution is -2.10. The van der Waals surface area contributed by atoms with Gasteiger partial charge in [0.1, 0.15) is 0 Å². The molecular formula is C18H16BrN3O3S2. The zero-order valence-corrected chi connectivity index (χ0v) is 17.5. The number of carbonyl (C=O) groups excluding carboxylic acids is 1. The smallest absolute Gasteiger partial charge is 0.229 e. The van der Waals surface area contributed by atoms with E-state index >= 15 is 0 Å². The number of nitrogens with zero attached hydrogens (tertiary/aromatic N) is 1. The van der Waals surface area contributed by atoms with Crippen LogP contribution in [0.1, 0.15) is 10.4 Å². The van der Waals surface area contributed by atoms with Gasteiger partial charge in [-0.15, -0.1) is 0 Å². The first-order valence-corrected chi connectivity index (χ1v) is 11.5. The molecule has 0 amide bonds. The van der Waals surface area contributed by atoms with Crippen molar-refractivity contribution in [2.75, 3.05) is 16.7 Å². The molecule has 0 fully saturated rings. The van der Waals surface area contributed by atoms with Crippen LogP contribution in [0.5, 0.6) is 0 Å². The molecule has 0 aliphatic rings. The number of sulfonamides is 1. The molecule has 3 rings (SSSR count). The minimum atomic E-state index is -3.33. The van der Waals surface area contributed by atoms with Crippen LogP contribution in [0, 0.1) is 0 Å². The molecule has 0 saturated carbocycles. The first kappa shape index (κ1) is 19.7. The van der Waals surface area contributed by atoms with E-state index in [0.717, 1.165) is 22.0 Å². The molecule has 1 aromatic heterocycles. The Hall–Kier alpha value is -2.10. The summed E-state index contributed by atoms with van der Waals surface area (Å²) in [5.41, 5.74) is 2.83. The molecule has 1 heterocycles. The fourth-order valence-corrected chi connectivity index (χ4v) is 3.88. The fourth-order valence-electron chi connectivity index (χ4n) is 2.31. The molecule has 2 aromatic carbocycles. The van der Waals surface area contributed by atoms with E-state index in [1.165, 1.54) is 11.8 Å². The Balaban J connectivity index is 1.60. The van der Waals surface area contributed by atoms with Crippen LogP contribution in [0.25, 0.3) is 11.3 Å². The molecule has 2 N–H and O–H groups in total. The van der Waals surface area contributed by atoms with Gasteiger partial charge in [0.2, 0.25) is 10.0 Å². The van der Waals surface area contributed by atoms with E-state index in [4.69, 9.17) is 0 Å². The van der Waals surface area contributed by atoms with Gasteiger partial charge < -0.3 is 4.98 Å². The quantitative estimate of drug-likeness (QED) is 0.403. The number of halogens is 1. The molecule has 3 aromatic rings. The maximum Gasteiger partial charge on any atom is 0.229 e. The Morgan fingerprint density at radius 2 is 1.81 bits per heavy atom. The number of nitrogens with one attached hydrogen (secondary N) is 2. The van der Waals surface area contributed by atoms with Crippen molar-refractivity contribution < 1.29 is 13.2 Å². The van der Waals surface area contributed by atoms with E-state index in [2.05, 4.69) is 30.6 Å². The molecule has 0 unspecified atom stereocenters. The third-order valence-corrected chi connectivity index (χ3v) is 5.58. The van der Waals surface area contributed by atoms with Gasteiger partial charge >= 0.3 is 0 Å². The van der Waals surface area contributed by atoms with Crippen molar-refractivity contribution in [3.05, 3.63) is 64.8 Å². The molecule has 0 radical (unpaired) electrons. The summed E-state index contributed by atoms with van der Waals surface area (Å²) in [5, 5.41) is 0.664. The van der Waals surface area contributed by atoms with Gasteiger partial charge in [-0.1, -0.05) is 39.8 Å². The van der Waals surface area contributed by atoms with Crippen LogP contribution in [0.4, 0.5) is 5.69 Å². The number of carbonyl (C=O) groups is 1. The van der Waals surface area contributed by atoms with Crippen LogP contribution in [0.2, 0.25) is 0 Å². The maximum absolute atomic E-state index is 12.3. The average Bonchev–Trinajstić information content (AvgIpc) is 3.08. The topological polar surface area (TPSA) is 91.9 Å². The van der Waals surface area contributed by atoms with Gasteiger partial charge in [-0.2, -0.15) is 0 Å². The third-order valence-electron chi connectivity index (χ3n) is 3.56. The van der Waals surface area contributed by atoms with Gasteiger partial charge in [0.25, 0.3) is 0 Å². The number of ketones is 1. The molecule has 0 bridgehead atoms. The second-order valence-corrected chi connectivity index (χ2v) is 9.40. The minimum absolute atomic E-state index is 0.0625. The molecule has 0 aliphatic heterocycles. The number of H-pyrrole nitrogens is 1. The van der Waals surface area contributed by atoms with Crippen LogP contribution in [-0.4, -0.2) is 36.2 Å². The summed E-state index contributed by atoms with van der Waals surface area (Å²) in [5.74, 6) is 0.166. The number of rotatable bonds is 7. The number of Topliss-reactive ketones (excluding diaryl/α,β-unsaturated/α-hetero) is 1. The predicted molar refractivity (Wildman–Crippen MR) is 112 cm³/mol. The summed E-state index contributed by atoms with van der Waals surface area (Å²) in [6.07, 6.45) is 2.82. The van der Waals surface area contributed by atoms with E-state index in [-0.39, 0.29) is 11.5 Å². The molecular weight excluding hydrogens is 450 g/mol. The van der Waals surface area contributed by atoms with Crippen molar-refractivity contribution in [3.8, 4) is 11.3 Å². The van der Waals surface area contributed by atoms with Gasteiger partial charge in [-0.3, -0.25) is 9.52 Å². The van der Waals surface area contributed by atoms with Gasteiger partial charge in [0.15, 0.2) is 10.9 Å². The molecule has 27 heavy (non-hydrogen) atoms. The van der Waals surface area contributed by atoms with Gasteiger partial charge in [0, 0.05) is 15.7 Å². The Morgan fingerprint density at radius 3 is 2.44 bits per heavy atom. The summed E-state index contributed by atoms with van der Waals surface area (Å²) in [6, 6.07) is 14.2. The molecule has 0 saturated heterocycles. The second-order valence-electron chi connectivity index (χ2n) is 5.77. The second kappa shape index (κ2) is 8.28. The van der Waals surface area contributed by atoms with Crippen LogP contribution in [-0.2, 0) is 10.0 Å². The van der Waals surface area contributed by atoms with Crippen LogP contribution >= 0.6 is 27.7 Å². The largest absolute Gasteiger partial charge is 0.333 e. The Bertz CT molecular complexity index is 1050. The van der Waals surface area contributed by atoms with E-state index in [0.29, 0.717) is 16.4 Å². The SMILES string of the molecule is CS(=O)(=O)Nc1ccc(C(=O)CSc2ncc(-c3ccc(Br)cc3)[nH]2)cc1. The average molecular weight is 466 g/mol. The highest BCUT2D eigenvalue weighted by Crippen LogP contribution is 2.23. The maximum atomic E-state index is 12.3. The number of aromatic amines is 1. The summed E-state index contributed by atoms with van der Waals surface area (Å²) in [7, 11) is -3.33. The Morgan fingerprint density at radius 1 is 1.15 bits per heavy atom. The molecule has 0 aliphatic carbocycles. The highest BCUT2D eigenvalue weighted by molar-refractivity contribution is 9.10. The Labute approximate surface area is 170 Å². The highest BCUT2D eigenvalue weighted by atomic mass is 79.9. The van der Waals surface area contributed by atoms with Crippen molar-refractivity contribution in [1.29, 1.82) is 0 Å². The predicted octanol–water partition coefficient (Wildman–Crippen LogP) is 4.19. The summed E-state index contributed by atoms with van der Waals surface area (Å²) in [6.45, 7) is 0. The van der Waals surface area contributed by atoms with Gasteiger partial charge in [-0.25, -0.2) is 13.4 Å². The summed E-state index contributed by atoms with van der Waals surface area (Å²) < 4.78 is 25.8. The first-order chi connectivity index (χ1) is 12.8. The standard InChI is InChI=1S/C18H16BrN3O3S2/c1-27(24,25)22-15-8-4-13(5-9-15)17(23)11-26-18-20-10-16(21-18)12-2-6-14(19)7-3-12/h2-10,22H,11H2,1H3,(H,20,21). The number of hydrogen-bond acceptors (Lipinski definition) is 5. The molecule has 6 nitrogen and oxygen atoms in total. The highest BCUT2D eigenvalue weighted by Gasteiger charge is 2.10. The van der Waals surface area contributed by atoms with Crippen molar-refractivity contribution in [1.82, 2.24) is 9.97 Å². The number of benzene rings is 2. The lowest BCUT2D eigenvalue weighted by Gasteiger charge is -2.05. The fraction of sp³-hybridized carbons (Fsp3) is 0.111. The lowest BCUT2D eigenvalue weighted by atomic mass is 10.1. The molecule has 0 spiro atoms. The number of anilines is 1. The normalized spacial score (nSPS) is 11.3. The third kappa shape index (κ3) is 5.69. The van der Waals surface area contributed by atoms with Gasteiger partial charge in [-0.05, 0) is 42.0 Å². The lowest BCUT2D eigenvalue weighted by molar-refractivity contribution is 0.102. The monoisotopic (exact) mass is 465 g/mol. The van der Waals surface area contributed by atoms with E-state index in [1.54, 1.807) is 30.5 Å². The van der Waals surface area contributed by atoms with Crippen molar-refractivity contribution in [2.45, 2.75) is 5.16 Å². The van der Waals surface area contributed by atoms with Crippen LogP contribution in [0.15, 0.2) is 64.4 Å². The van der Waals surface area contributed by atoms with Gasteiger partial charge in [0.05, 0.1) is 23.9 Å². The zero-order chi connectivity index (χ0) is 19.4. The van der Waals surface area contributed by atoms with E-state index in [1.807, 2.05) is 24.3 Å². The molecule has 0 atom stereocenters. The number of hydrogen-bond donors (Lipinski definition) is 2. The number of thioether (sulfide) groups is 1. The van der Waals surface area contributed by atoms with Crippen molar-refractivity contribution in [2.24, 2.45) is 0 Å². The number of imidazole rings is 1. The van der Waals surface area contributed by atoms with E-state index in [9.17, 15) is 13.2 Å². The van der Waals surface area contributed by atoms with Crippen molar-refractivity contribution in [3.63, 3.8) is 0 Å². The van der Waals surface area contributed by atoms with Crippen LogP contribution in [0.3, 0.4) is 0 Å². The molecule has 140 valence electrons. The molecule has 9 heteroatoms. The summed E-state index contributed by atoms with van der Waals surface area (Å²) >= 11 is 4.72. The van der Waals surface area contributed by atoms with E-state index < -0.39 is 10.0 Å². The number of aromatic nitrogens is 2. The summed E-state index contributed by atoms with van der Waals surface area (Å²) in [4.78, 5) is 19.8. The zero-order valence-electron chi connectivity index (χ0n) is 14.3.